The van der Waals surface area contributed by atoms with E-state index in [1.165, 1.54) is 18.4 Å². The number of unbranched alkanes of at least 4 members (excludes halogenated alkanes) is 1. The standard InChI is InChI=1S/C22H27N3O5S/c1-3-4-12-30-17-10-9-15(14-18(17)29-2)20(26)23-24-21(27)16-7-5-11-25(16)22(28)19-8-6-13-31-19/h6,8-10,13-14,16H,3-5,7,11-12H2,1-2H3,(H,23,26)(H,24,27)/t16-/m0/s1. The maximum Gasteiger partial charge on any atom is 0.269 e. The van der Waals surface area contributed by atoms with Crippen molar-refractivity contribution >= 4 is 29.1 Å². The maximum atomic E-state index is 12.6. The molecule has 1 fully saturated rings. The molecule has 9 heteroatoms. The number of carbonyl (C=O) groups is 3. The summed E-state index contributed by atoms with van der Waals surface area (Å²) in [5.41, 5.74) is 5.19. The Labute approximate surface area is 185 Å². The monoisotopic (exact) mass is 445 g/mol. The predicted molar refractivity (Wildman–Crippen MR) is 117 cm³/mol. The second-order valence-electron chi connectivity index (χ2n) is 7.14. The molecule has 0 unspecified atom stereocenters. The summed E-state index contributed by atoms with van der Waals surface area (Å²) in [6.45, 7) is 3.15. The van der Waals surface area contributed by atoms with E-state index in [2.05, 4.69) is 17.8 Å². The van der Waals surface area contributed by atoms with Crippen LogP contribution in [0, 0.1) is 0 Å². The summed E-state index contributed by atoms with van der Waals surface area (Å²) < 4.78 is 11.0. The van der Waals surface area contributed by atoms with E-state index in [1.807, 2.05) is 5.38 Å². The van der Waals surface area contributed by atoms with Gasteiger partial charge in [-0.15, -0.1) is 11.3 Å². The van der Waals surface area contributed by atoms with Crippen LogP contribution in [0.4, 0.5) is 0 Å². The van der Waals surface area contributed by atoms with E-state index in [0.29, 0.717) is 41.5 Å². The lowest BCUT2D eigenvalue weighted by molar-refractivity contribution is -0.125. The fourth-order valence-electron chi connectivity index (χ4n) is 3.35. The van der Waals surface area contributed by atoms with Gasteiger partial charge in [-0.2, -0.15) is 0 Å². The van der Waals surface area contributed by atoms with E-state index < -0.39 is 17.9 Å². The van der Waals surface area contributed by atoms with Crippen molar-refractivity contribution in [3.8, 4) is 11.5 Å². The second kappa shape index (κ2) is 10.8. The number of likely N-dealkylation sites (tertiary alicyclic amines) is 1. The highest BCUT2D eigenvalue weighted by Gasteiger charge is 2.35. The minimum atomic E-state index is -0.612. The van der Waals surface area contributed by atoms with Gasteiger partial charge in [0.1, 0.15) is 6.04 Å². The number of nitrogens with one attached hydrogen (secondary N) is 2. The summed E-state index contributed by atoms with van der Waals surface area (Å²) in [7, 11) is 1.50. The molecule has 2 N–H and O–H groups in total. The molecule has 0 radical (unpaired) electrons. The molecule has 8 nitrogen and oxygen atoms in total. The van der Waals surface area contributed by atoms with Gasteiger partial charge >= 0.3 is 0 Å². The molecule has 3 amide bonds. The summed E-state index contributed by atoms with van der Waals surface area (Å²) in [4.78, 5) is 39.9. The van der Waals surface area contributed by atoms with Gasteiger partial charge in [0.15, 0.2) is 11.5 Å². The molecule has 1 saturated heterocycles. The first kappa shape index (κ1) is 22.6. The van der Waals surface area contributed by atoms with Crippen LogP contribution in [0.25, 0.3) is 0 Å². The van der Waals surface area contributed by atoms with Crippen LogP contribution in [0.2, 0.25) is 0 Å². The van der Waals surface area contributed by atoms with Gasteiger partial charge in [-0.1, -0.05) is 19.4 Å². The Bertz CT molecular complexity index is 916. The Morgan fingerprint density at radius 1 is 1.19 bits per heavy atom. The molecule has 1 aliphatic heterocycles. The molecule has 0 spiro atoms. The van der Waals surface area contributed by atoms with Crippen LogP contribution in [0.15, 0.2) is 35.7 Å². The van der Waals surface area contributed by atoms with Crippen molar-refractivity contribution in [3.05, 3.63) is 46.2 Å². The van der Waals surface area contributed by atoms with E-state index in [0.717, 1.165) is 19.3 Å². The molecule has 166 valence electrons. The van der Waals surface area contributed by atoms with E-state index >= 15 is 0 Å². The molecule has 1 aromatic carbocycles. The lowest BCUT2D eigenvalue weighted by Crippen LogP contribution is -2.51. The number of carbonyl (C=O) groups excluding carboxylic acids is 3. The number of amides is 3. The van der Waals surface area contributed by atoms with E-state index in [9.17, 15) is 14.4 Å². The molecule has 1 aliphatic rings. The summed E-state index contributed by atoms with van der Waals surface area (Å²) in [6, 6.07) is 7.77. The molecule has 0 aliphatic carbocycles. The summed E-state index contributed by atoms with van der Waals surface area (Å²) in [5, 5.41) is 1.83. The van der Waals surface area contributed by atoms with Crippen LogP contribution in [-0.4, -0.2) is 48.9 Å². The Balaban J connectivity index is 1.58. The first-order chi connectivity index (χ1) is 15.0. The molecule has 0 saturated carbocycles. The molecule has 0 bridgehead atoms. The Hall–Kier alpha value is -3.07. The Morgan fingerprint density at radius 2 is 2.03 bits per heavy atom. The lowest BCUT2D eigenvalue weighted by atomic mass is 10.2. The van der Waals surface area contributed by atoms with Crippen LogP contribution in [-0.2, 0) is 4.79 Å². The predicted octanol–water partition coefficient (Wildman–Crippen LogP) is 3.00. The number of hydrogen-bond acceptors (Lipinski definition) is 6. The number of benzene rings is 1. The maximum absolute atomic E-state index is 12.6. The Morgan fingerprint density at radius 3 is 2.74 bits per heavy atom. The molecule has 2 heterocycles. The summed E-state index contributed by atoms with van der Waals surface area (Å²) >= 11 is 1.34. The molecule has 3 rings (SSSR count). The summed E-state index contributed by atoms with van der Waals surface area (Å²) in [6.07, 6.45) is 3.22. The minimum Gasteiger partial charge on any atom is -0.493 e. The minimum absolute atomic E-state index is 0.164. The van der Waals surface area contributed by atoms with Crippen molar-refractivity contribution in [3.63, 3.8) is 0 Å². The number of hydrazine groups is 1. The number of rotatable bonds is 8. The van der Waals surface area contributed by atoms with Crippen LogP contribution in [0.3, 0.4) is 0 Å². The van der Waals surface area contributed by atoms with E-state index in [4.69, 9.17) is 9.47 Å². The van der Waals surface area contributed by atoms with Crippen molar-refractivity contribution in [1.29, 1.82) is 0 Å². The molecular weight excluding hydrogens is 418 g/mol. The first-order valence-corrected chi connectivity index (χ1v) is 11.2. The number of hydrogen-bond donors (Lipinski definition) is 2. The average molecular weight is 446 g/mol. The highest BCUT2D eigenvalue weighted by molar-refractivity contribution is 7.12. The fraction of sp³-hybridized carbons (Fsp3) is 0.409. The average Bonchev–Trinajstić information content (AvgIpc) is 3.49. The van der Waals surface area contributed by atoms with E-state index in [1.54, 1.807) is 35.2 Å². The van der Waals surface area contributed by atoms with Gasteiger partial charge in [0.2, 0.25) is 0 Å². The van der Waals surface area contributed by atoms with E-state index in [-0.39, 0.29) is 5.91 Å². The van der Waals surface area contributed by atoms with Gasteiger partial charge < -0.3 is 14.4 Å². The summed E-state index contributed by atoms with van der Waals surface area (Å²) in [5.74, 6) is -0.0608. The van der Waals surface area contributed by atoms with Crippen molar-refractivity contribution < 1.29 is 23.9 Å². The zero-order valence-electron chi connectivity index (χ0n) is 17.7. The van der Waals surface area contributed by atoms with Crippen LogP contribution in [0.5, 0.6) is 11.5 Å². The van der Waals surface area contributed by atoms with Gasteiger partial charge in [0.05, 0.1) is 18.6 Å². The van der Waals surface area contributed by atoms with Crippen LogP contribution >= 0.6 is 11.3 Å². The topological polar surface area (TPSA) is 97.0 Å². The third-order valence-electron chi connectivity index (χ3n) is 5.03. The molecule has 2 aromatic rings. The van der Waals surface area contributed by atoms with Crippen molar-refractivity contribution in [2.75, 3.05) is 20.3 Å². The molecule has 1 atom stereocenters. The largest absolute Gasteiger partial charge is 0.493 e. The van der Waals surface area contributed by atoms with Gasteiger partial charge in [0.25, 0.3) is 17.7 Å². The van der Waals surface area contributed by atoms with Crippen LogP contribution in [0.1, 0.15) is 52.6 Å². The molecular formula is C22H27N3O5S. The number of methoxy groups -OCH3 is 1. The quantitative estimate of drug-likeness (QED) is 0.481. The number of ether oxygens (including phenoxy) is 2. The smallest absolute Gasteiger partial charge is 0.269 e. The third kappa shape index (κ3) is 5.55. The van der Waals surface area contributed by atoms with Crippen LogP contribution < -0.4 is 20.3 Å². The van der Waals surface area contributed by atoms with Crippen molar-refractivity contribution in [2.45, 2.75) is 38.6 Å². The molecule has 1 aromatic heterocycles. The normalized spacial score (nSPS) is 15.4. The Kier molecular flexibility index (Phi) is 7.88. The van der Waals surface area contributed by atoms with Gasteiger partial charge in [-0.3, -0.25) is 25.2 Å². The van der Waals surface area contributed by atoms with Gasteiger partial charge in [0, 0.05) is 12.1 Å². The first-order valence-electron chi connectivity index (χ1n) is 10.3. The van der Waals surface area contributed by atoms with Gasteiger partial charge in [-0.05, 0) is 48.9 Å². The zero-order chi connectivity index (χ0) is 22.2. The SMILES string of the molecule is CCCCOc1ccc(C(=O)NNC(=O)[C@@H]2CCCN2C(=O)c2cccs2)cc1OC. The van der Waals surface area contributed by atoms with Crippen molar-refractivity contribution in [2.24, 2.45) is 0 Å². The lowest BCUT2D eigenvalue weighted by Gasteiger charge is -2.23. The van der Waals surface area contributed by atoms with Gasteiger partial charge in [-0.25, -0.2) is 0 Å². The fourth-order valence-corrected chi connectivity index (χ4v) is 4.03. The van der Waals surface area contributed by atoms with Crippen molar-refractivity contribution in [1.82, 2.24) is 15.8 Å². The highest BCUT2D eigenvalue weighted by atomic mass is 32.1. The number of thiophene rings is 1. The second-order valence-corrected chi connectivity index (χ2v) is 8.09. The third-order valence-corrected chi connectivity index (χ3v) is 5.89. The molecule has 31 heavy (non-hydrogen) atoms. The number of nitrogens with zero attached hydrogens (tertiary/aromatic N) is 1. The highest BCUT2D eigenvalue weighted by Crippen LogP contribution is 2.28. The zero-order valence-corrected chi connectivity index (χ0v) is 18.5.